The fourth-order valence-corrected chi connectivity index (χ4v) is 2.92. The minimum absolute atomic E-state index is 0.462. The fraction of sp³-hybridized carbons (Fsp3) is 0.500. The quantitative estimate of drug-likeness (QED) is 0.623. The summed E-state index contributed by atoms with van der Waals surface area (Å²) < 4.78 is 8.49. The van der Waals surface area contributed by atoms with Crippen LogP contribution in [0.2, 0.25) is 25.7 Å². The highest BCUT2D eigenvalue weighted by Crippen LogP contribution is 2.21. The number of para-hydroxylation sites is 1. The number of benzene rings is 1. The Bertz CT molecular complexity index is 536. The van der Waals surface area contributed by atoms with Crippen molar-refractivity contribution in [1.82, 2.24) is 15.0 Å². The van der Waals surface area contributed by atoms with Crippen molar-refractivity contribution in [2.24, 2.45) is 0 Å². The van der Waals surface area contributed by atoms with E-state index in [0.29, 0.717) is 6.73 Å². The van der Waals surface area contributed by atoms with Gasteiger partial charge in [-0.1, -0.05) is 30.9 Å². The molecule has 6 heteroatoms. The van der Waals surface area contributed by atoms with Gasteiger partial charge in [-0.05, 0) is 34.1 Å². The van der Waals surface area contributed by atoms with Crippen LogP contribution in [0.3, 0.4) is 0 Å². The van der Waals surface area contributed by atoms with Gasteiger partial charge in [-0.25, -0.2) is 4.68 Å². The van der Waals surface area contributed by atoms with Gasteiger partial charge in [0.25, 0.3) is 0 Å². The Morgan fingerprint density at radius 2 is 2.11 bits per heavy atom. The molecule has 98 valence electrons. The maximum absolute atomic E-state index is 5.69. The molecule has 0 radical (unpaired) electrons. The molecule has 0 unspecified atom stereocenters. The standard InChI is InChI=1S/C12H18BrN3OSi/c1-18(2,3)8-7-17-9-16-12-10(13)5-4-6-11(12)14-15-16/h4-6H,7-9H2,1-3H3. The van der Waals surface area contributed by atoms with Crippen LogP contribution in [0.4, 0.5) is 0 Å². The van der Waals surface area contributed by atoms with Gasteiger partial charge in [0.05, 0.1) is 0 Å². The van der Waals surface area contributed by atoms with Crippen LogP contribution < -0.4 is 0 Å². The Hall–Kier alpha value is -0.723. The van der Waals surface area contributed by atoms with Crippen molar-refractivity contribution in [2.75, 3.05) is 6.61 Å². The minimum atomic E-state index is -1.02. The molecule has 0 aliphatic carbocycles. The molecule has 0 saturated carbocycles. The predicted molar refractivity (Wildman–Crippen MR) is 79.3 cm³/mol. The summed E-state index contributed by atoms with van der Waals surface area (Å²) in [4.78, 5) is 0. The van der Waals surface area contributed by atoms with Crippen molar-refractivity contribution in [1.29, 1.82) is 0 Å². The van der Waals surface area contributed by atoms with Gasteiger partial charge in [0.1, 0.15) is 17.8 Å². The Balaban J connectivity index is 2.00. The van der Waals surface area contributed by atoms with Gasteiger partial charge in [0.2, 0.25) is 0 Å². The van der Waals surface area contributed by atoms with E-state index in [1.165, 1.54) is 6.04 Å². The number of hydrogen-bond donors (Lipinski definition) is 0. The summed E-state index contributed by atoms with van der Waals surface area (Å²) in [7, 11) is -1.02. The minimum Gasteiger partial charge on any atom is -0.359 e. The second kappa shape index (κ2) is 5.50. The number of fused-ring (bicyclic) bond motifs is 1. The lowest BCUT2D eigenvalue weighted by Gasteiger charge is -2.15. The zero-order valence-electron chi connectivity index (χ0n) is 11.0. The second-order valence-electron chi connectivity index (χ2n) is 5.54. The Morgan fingerprint density at radius 1 is 1.33 bits per heavy atom. The topological polar surface area (TPSA) is 39.9 Å². The van der Waals surface area contributed by atoms with E-state index in [0.717, 1.165) is 22.1 Å². The molecule has 0 aliphatic heterocycles. The maximum Gasteiger partial charge on any atom is 0.141 e. The smallest absolute Gasteiger partial charge is 0.141 e. The summed E-state index contributed by atoms with van der Waals surface area (Å²) in [6.07, 6.45) is 0. The van der Waals surface area contributed by atoms with E-state index < -0.39 is 8.07 Å². The molecule has 18 heavy (non-hydrogen) atoms. The first-order valence-electron chi connectivity index (χ1n) is 6.03. The van der Waals surface area contributed by atoms with Crippen molar-refractivity contribution < 1.29 is 4.74 Å². The first-order valence-corrected chi connectivity index (χ1v) is 10.5. The number of nitrogens with zero attached hydrogens (tertiary/aromatic N) is 3. The lowest BCUT2D eigenvalue weighted by atomic mass is 10.3. The molecule has 0 aliphatic rings. The van der Waals surface area contributed by atoms with Gasteiger partial charge in [-0.2, -0.15) is 0 Å². The van der Waals surface area contributed by atoms with Gasteiger partial charge >= 0.3 is 0 Å². The summed E-state index contributed by atoms with van der Waals surface area (Å²) in [6.45, 7) is 8.29. The second-order valence-corrected chi connectivity index (χ2v) is 12.0. The third kappa shape index (κ3) is 3.40. The molecule has 0 spiro atoms. The van der Waals surface area contributed by atoms with Crippen LogP contribution >= 0.6 is 15.9 Å². The van der Waals surface area contributed by atoms with E-state index in [1.807, 2.05) is 18.2 Å². The van der Waals surface area contributed by atoms with Crippen LogP contribution in [0.25, 0.3) is 11.0 Å². The van der Waals surface area contributed by atoms with Crippen LogP contribution in [-0.4, -0.2) is 29.7 Å². The first-order chi connectivity index (χ1) is 8.47. The average molecular weight is 328 g/mol. The van der Waals surface area contributed by atoms with Crippen molar-refractivity contribution in [3.05, 3.63) is 22.7 Å². The number of rotatable bonds is 5. The van der Waals surface area contributed by atoms with Gasteiger partial charge < -0.3 is 4.74 Å². The number of hydrogen-bond acceptors (Lipinski definition) is 3. The van der Waals surface area contributed by atoms with E-state index >= 15 is 0 Å². The molecular formula is C12H18BrN3OSi. The normalized spacial score (nSPS) is 12.2. The zero-order valence-corrected chi connectivity index (χ0v) is 13.6. The zero-order chi connectivity index (χ0) is 13.2. The number of ether oxygens (including phenoxy) is 1. The van der Waals surface area contributed by atoms with Crippen LogP contribution in [0.1, 0.15) is 0 Å². The van der Waals surface area contributed by atoms with E-state index in [1.54, 1.807) is 4.68 Å². The van der Waals surface area contributed by atoms with Crippen molar-refractivity contribution in [3.8, 4) is 0 Å². The molecule has 0 amide bonds. The Morgan fingerprint density at radius 3 is 2.83 bits per heavy atom. The van der Waals surface area contributed by atoms with Crippen LogP contribution in [0, 0.1) is 0 Å². The molecule has 1 aromatic carbocycles. The van der Waals surface area contributed by atoms with Gasteiger partial charge in [0.15, 0.2) is 0 Å². The molecule has 0 bridgehead atoms. The lowest BCUT2D eigenvalue weighted by Crippen LogP contribution is -2.22. The summed E-state index contributed by atoms with van der Waals surface area (Å²) in [5.41, 5.74) is 1.88. The molecule has 0 atom stereocenters. The van der Waals surface area contributed by atoms with Crippen LogP contribution in [0.15, 0.2) is 22.7 Å². The van der Waals surface area contributed by atoms with E-state index in [2.05, 4.69) is 45.9 Å². The Labute approximate surface area is 116 Å². The maximum atomic E-state index is 5.69. The highest BCUT2D eigenvalue weighted by atomic mass is 79.9. The van der Waals surface area contributed by atoms with E-state index in [9.17, 15) is 0 Å². The molecule has 1 heterocycles. The summed E-state index contributed by atoms with van der Waals surface area (Å²) in [5.74, 6) is 0. The summed E-state index contributed by atoms with van der Waals surface area (Å²) in [5, 5.41) is 8.23. The van der Waals surface area contributed by atoms with Gasteiger partial charge in [-0.15, -0.1) is 5.10 Å². The van der Waals surface area contributed by atoms with Gasteiger partial charge in [-0.3, -0.25) is 0 Å². The third-order valence-corrected chi connectivity index (χ3v) is 5.04. The largest absolute Gasteiger partial charge is 0.359 e. The highest BCUT2D eigenvalue weighted by Gasteiger charge is 2.13. The van der Waals surface area contributed by atoms with Crippen molar-refractivity contribution in [3.63, 3.8) is 0 Å². The summed E-state index contributed by atoms with van der Waals surface area (Å²) >= 11 is 3.52. The molecule has 2 rings (SSSR count). The molecular weight excluding hydrogens is 310 g/mol. The average Bonchev–Trinajstić information content (AvgIpc) is 2.68. The van der Waals surface area contributed by atoms with Gasteiger partial charge in [0, 0.05) is 19.2 Å². The predicted octanol–water partition coefficient (Wildman–Crippen LogP) is 3.51. The molecule has 1 aromatic heterocycles. The third-order valence-electron chi connectivity index (χ3n) is 2.69. The SMILES string of the molecule is C[Si](C)(C)CCOCn1nnc2cccc(Br)c21. The molecule has 0 fully saturated rings. The number of aromatic nitrogens is 3. The Kier molecular flexibility index (Phi) is 4.19. The van der Waals surface area contributed by atoms with E-state index in [-0.39, 0.29) is 0 Å². The van der Waals surface area contributed by atoms with Crippen molar-refractivity contribution in [2.45, 2.75) is 32.4 Å². The monoisotopic (exact) mass is 327 g/mol. The molecule has 4 nitrogen and oxygen atoms in total. The highest BCUT2D eigenvalue weighted by molar-refractivity contribution is 9.10. The first kappa shape index (κ1) is 13.7. The van der Waals surface area contributed by atoms with Crippen LogP contribution in [0.5, 0.6) is 0 Å². The summed E-state index contributed by atoms with van der Waals surface area (Å²) in [6, 6.07) is 7.06. The van der Waals surface area contributed by atoms with Crippen molar-refractivity contribution >= 4 is 35.0 Å². The molecule has 0 N–H and O–H groups in total. The fourth-order valence-electron chi connectivity index (χ4n) is 1.61. The molecule has 0 saturated heterocycles. The van der Waals surface area contributed by atoms with Crippen LogP contribution in [-0.2, 0) is 11.5 Å². The number of halogens is 1. The lowest BCUT2D eigenvalue weighted by molar-refractivity contribution is 0.0802. The van der Waals surface area contributed by atoms with E-state index in [4.69, 9.17) is 4.74 Å². The molecule has 2 aromatic rings.